The third-order valence-corrected chi connectivity index (χ3v) is 3.41. The van der Waals surface area contributed by atoms with E-state index in [2.05, 4.69) is 21.2 Å². The fraction of sp³-hybridized carbons (Fsp3) is 0.462. The van der Waals surface area contributed by atoms with Crippen LogP contribution in [0.15, 0.2) is 22.7 Å². The number of alkyl halides is 1. The van der Waals surface area contributed by atoms with Crippen LogP contribution in [0.5, 0.6) is 0 Å². The monoisotopic (exact) mass is 351 g/mol. The molecule has 1 aromatic rings. The van der Waals surface area contributed by atoms with Crippen molar-refractivity contribution in [3.63, 3.8) is 0 Å². The zero-order valence-electron chi connectivity index (χ0n) is 10.0. The van der Waals surface area contributed by atoms with Crippen LogP contribution in [0.1, 0.15) is 36.0 Å². The van der Waals surface area contributed by atoms with Crippen molar-refractivity contribution in [2.45, 2.75) is 25.7 Å². The minimum absolute atomic E-state index is 0.0875. The highest BCUT2D eigenvalue weighted by molar-refractivity contribution is 9.10. The normalized spacial score (nSPS) is 10.4. The minimum atomic E-state index is -0.0875. The largest absolute Gasteiger partial charge is 0.352 e. The molecule has 0 fully saturated rings. The number of nitrogens with one attached hydrogen (secondary N) is 1. The molecule has 0 bridgehead atoms. The molecule has 0 aromatic heterocycles. The van der Waals surface area contributed by atoms with Crippen molar-refractivity contribution in [1.29, 1.82) is 0 Å². The molecule has 0 aliphatic carbocycles. The first kappa shape index (κ1) is 15.8. The topological polar surface area (TPSA) is 29.1 Å². The van der Waals surface area contributed by atoms with E-state index < -0.39 is 0 Å². The van der Waals surface area contributed by atoms with Gasteiger partial charge in [-0.2, -0.15) is 0 Å². The van der Waals surface area contributed by atoms with Crippen LogP contribution in [-0.4, -0.2) is 18.3 Å². The molecule has 1 N–H and O–H groups in total. The minimum Gasteiger partial charge on any atom is -0.352 e. The van der Waals surface area contributed by atoms with Crippen molar-refractivity contribution in [1.82, 2.24) is 5.32 Å². The lowest BCUT2D eigenvalue weighted by molar-refractivity contribution is 0.0953. The van der Waals surface area contributed by atoms with Crippen molar-refractivity contribution in [2.75, 3.05) is 12.4 Å². The van der Waals surface area contributed by atoms with E-state index >= 15 is 0 Å². The fourth-order valence-corrected chi connectivity index (χ4v) is 2.61. The lowest BCUT2D eigenvalue weighted by Gasteiger charge is -2.06. The molecule has 0 aliphatic rings. The van der Waals surface area contributed by atoms with E-state index in [4.69, 9.17) is 23.2 Å². The van der Waals surface area contributed by atoms with Crippen LogP contribution >= 0.6 is 39.1 Å². The summed E-state index contributed by atoms with van der Waals surface area (Å²) in [7, 11) is 0. The summed E-state index contributed by atoms with van der Waals surface area (Å²) in [6.45, 7) is 0.686. The number of hydrogen-bond donors (Lipinski definition) is 1. The molecule has 0 radical (unpaired) electrons. The van der Waals surface area contributed by atoms with Gasteiger partial charge in [-0.1, -0.05) is 40.4 Å². The Morgan fingerprint density at radius 3 is 2.56 bits per heavy atom. The number of benzene rings is 1. The number of amides is 1. The first-order valence-electron chi connectivity index (χ1n) is 5.93. The van der Waals surface area contributed by atoms with Gasteiger partial charge in [0.1, 0.15) is 0 Å². The Kier molecular flexibility index (Phi) is 7.71. The van der Waals surface area contributed by atoms with Gasteiger partial charge in [-0.05, 0) is 31.0 Å². The van der Waals surface area contributed by atoms with Gasteiger partial charge in [-0.3, -0.25) is 4.79 Å². The molecule has 0 atom stereocenters. The summed E-state index contributed by atoms with van der Waals surface area (Å²) >= 11 is 14.8. The molecule has 1 aromatic carbocycles. The van der Waals surface area contributed by atoms with E-state index in [0.717, 1.165) is 30.2 Å². The molecule has 18 heavy (non-hydrogen) atoms. The highest BCUT2D eigenvalue weighted by Gasteiger charge is 2.06. The van der Waals surface area contributed by atoms with Crippen LogP contribution in [0, 0.1) is 0 Å². The second kappa shape index (κ2) is 8.78. The molecule has 0 unspecified atom stereocenters. The van der Waals surface area contributed by atoms with E-state index in [0.29, 0.717) is 23.0 Å². The standard InChI is InChI=1S/C13H16BrCl2NO/c14-11-7-10(8-12(16)9-11)13(18)17-6-4-2-1-3-5-15/h7-9H,1-6H2,(H,17,18). The van der Waals surface area contributed by atoms with Crippen LogP contribution in [0.4, 0.5) is 0 Å². The van der Waals surface area contributed by atoms with Gasteiger partial charge in [0, 0.05) is 27.5 Å². The second-order valence-electron chi connectivity index (χ2n) is 4.02. The van der Waals surface area contributed by atoms with Crippen LogP contribution in [0.25, 0.3) is 0 Å². The predicted molar refractivity (Wildman–Crippen MR) is 80.7 cm³/mol. The van der Waals surface area contributed by atoms with Gasteiger partial charge in [0.2, 0.25) is 0 Å². The molecular weight excluding hydrogens is 337 g/mol. The van der Waals surface area contributed by atoms with Crippen LogP contribution in [0.3, 0.4) is 0 Å². The zero-order valence-corrected chi connectivity index (χ0v) is 13.1. The summed E-state index contributed by atoms with van der Waals surface area (Å²) in [5, 5.41) is 3.43. The molecule has 0 spiro atoms. The summed E-state index contributed by atoms with van der Waals surface area (Å²) in [5.74, 6) is 0.624. The highest BCUT2D eigenvalue weighted by atomic mass is 79.9. The Balaban J connectivity index is 2.32. The Morgan fingerprint density at radius 1 is 1.17 bits per heavy atom. The maximum absolute atomic E-state index is 11.8. The first-order valence-corrected chi connectivity index (χ1v) is 7.64. The predicted octanol–water partition coefficient (Wildman–Crippen LogP) is 4.63. The summed E-state index contributed by atoms with van der Waals surface area (Å²) in [6, 6.07) is 5.17. The third-order valence-electron chi connectivity index (χ3n) is 2.47. The van der Waals surface area contributed by atoms with E-state index in [1.165, 1.54) is 0 Å². The van der Waals surface area contributed by atoms with Gasteiger partial charge < -0.3 is 5.32 Å². The molecule has 1 amide bonds. The zero-order chi connectivity index (χ0) is 13.4. The van der Waals surface area contributed by atoms with E-state index in [9.17, 15) is 4.79 Å². The van der Waals surface area contributed by atoms with Crippen molar-refractivity contribution < 1.29 is 4.79 Å². The quantitative estimate of drug-likeness (QED) is 0.562. The SMILES string of the molecule is O=C(NCCCCCCCl)c1cc(Cl)cc(Br)c1. The summed E-state index contributed by atoms with van der Waals surface area (Å²) in [4.78, 5) is 11.8. The van der Waals surface area contributed by atoms with Crippen LogP contribution < -0.4 is 5.32 Å². The second-order valence-corrected chi connectivity index (χ2v) is 5.75. The molecule has 100 valence electrons. The third kappa shape index (κ3) is 6.07. The highest BCUT2D eigenvalue weighted by Crippen LogP contribution is 2.19. The van der Waals surface area contributed by atoms with E-state index in [1.807, 2.05) is 0 Å². The maximum Gasteiger partial charge on any atom is 0.251 e. The maximum atomic E-state index is 11.8. The van der Waals surface area contributed by atoms with E-state index in [1.54, 1.807) is 18.2 Å². The average molecular weight is 353 g/mol. The summed E-state index contributed by atoms with van der Waals surface area (Å²) < 4.78 is 0.808. The van der Waals surface area contributed by atoms with E-state index in [-0.39, 0.29) is 5.91 Å². The van der Waals surface area contributed by atoms with Gasteiger partial charge >= 0.3 is 0 Å². The Hall–Kier alpha value is -0.250. The van der Waals surface area contributed by atoms with Crippen LogP contribution in [0.2, 0.25) is 5.02 Å². The lowest BCUT2D eigenvalue weighted by atomic mass is 10.2. The Morgan fingerprint density at radius 2 is 1.89 bits per heavy atom. The molecule has 1 rings (SSSR count). The molecular formula is C13H16BrCl2NO. The van der Waals surface area contributed by atoms with Gasteiger partial charge in [0.15, 0.2) is 0 Å². The van der Waals surface area contributed by atoms with Crippen molar-refractivity contribution in [3.8, 4) is 0 Å². The number of hydrogen-bond acceptors (Lipinski definition) is 1. The summed E-state index contributed by atoms with van der Waals surface area (Å²) in [6.07, 6.45) is 4.22. The van der Waals surface area contributed by atoms with Gasteiger partial charge in [0.05, 0.1) is 0 Å². The Labute approximate surface area is 126 Å². The first-order chi connectivity index (χ1) is 8.63. The molecule has 0 saturated carbocycles. The Bertz CT molecular complexity index is 378. The lowest BCUT2D eigenvalue weighted by Crippen LogP contribution is -2.24. The van der Waals surface area contributed by atoms with Crippen molar-refractivity contribution >= 4 is 45.0 Å². The molecule has 5 heteroatoms. The molecule has 2 nitrogen and oxygen atoms in total. The van der Waals surface area contributed by atoms with Gasteiger partial charge in [-0.25, -0.2) is 0 Å². The molecule has 0 saturated heterocycles. The fourth-order valence-electron chi connectivity index (χ4n) is 1.56. The molecule has 0 aliphatic heterocycles. The number of rotatable bonds is 7. The van der Waals surface area contributed by atoms with Crippen LogP contribution in [-0.2, 0) is 0 Å². The van der Waals surface area contributed by atoms with Crippen molar-refractivity contribution in [2.24, 2.45) is 0 Å². The summed E-state index contributed by atoms with van der Waals surface area (Å²) in [5.41, 5.74) is 0.579. The average Bonchev–Trinajstić information content (AvgIpc) is 2.32. The van der Waals surface area contributed by atoms with Gasteiger partial charge in [-0.15, -0.1) is 11.6 Å². The van der Waals surface area contributed by atoms with Crippen molar-refractivity contribution in [3.05, 3.63) is 33.3 Å². The van der Waals surface area contributed by atoms with Gasteiger partial charge in [0.25, 0.3) is 5.91 Å². The smallest absolute Gasteiger partial charge is 0.251 e. The number of carbonyl (C=O) groups is 1. The number of carbonyl (C=O) groups excluding carboxylic acids is 1. The molecule has 0 heterocycles. The number of halogens is 3. The number of unbranched alkanes of at least 4 members (excludes halogenated alkanes) is 3.